The molecule has 0 aliphatic rings. The molecule has 4 rings (SSSR count). The standard InChI is InChI=1S/C18H17ClN6O2/c1-4-12-15(10-5-7-11(19)8-6-10)17-21-20-16-13(9-14(26)27-3)22-24(2)18(16)25(17)23-12/h5-8H,4,9H2,1-3H3. The lowest BCUT2D eigenvalue weighted by atomic mass is 10.0. The molecule has 0 saturated heterocycles. The average molecular weight is 385 g/mol. The first-order valence-electron chi connectivity index (χ1n) is 8.46. The van der Waals surface area contributed by atoms with Crippen LogP contribution in [0.15, 0.2) is 24.3 Å². The van der Waals surface area contributed by atoms with E-state index in [1.165, 1.54) is 7.11 Å². The molecular weight excluding hydrogens is 368 g/mol. The van der Waals surface area contributed by atoms with Crippen LogP contribution < -0.4 is 0 Å². The number of ether oxygens (including phenoxy) is 1. The van der Waals surface area contributed by atoms with E-state index >= 15 is 0 Å². The van der Waals surface area contributed by atoms with Gasteiger partial charge in [0.05, 0.1) is 24.8 Å². The third-order valence-corrected chi connectivity index (χ3v) is 4.70. The molecular formula is C18H17ClN6O2. The van der Waals surface area contributed by atoms with Crippen LogP contribution in [-0.4, -0.2) is 42.7 Å². The van der Waals surface area contributed by atoms with Gasteiger partial charge >= 0.3 is 5.97 Å². The van der Waals surface area contributed by atoms with Gasteiger partial charge in [-0.3, -0.25) is 4.79 Å². The number of nitrogens with zero attached hydrogens (tertiary/aromatic N) is 6. The normalized spacial score (nSPS) is 11.4. The number of rotatable bonds is 4. The van der Waals surface area contributed by atoms with Gasteiger partial charge in [-0.05, 0) is 24.1 Å². The van der Waals surface area contributed by atoms with E-state index in [0.29, 0.717) is 27.5 Å². The maximum absolute atomic E-state index is 11.7. The molecule has 9 heteroatoms. The fourth-order valence-electron chi connectivity index (χ4n) is 3.18. The molecule has 0 radical (unpaired) electrons. The number of aryl methyl sites for hydroxylation is 2. The summed E-state index contributed by atoms with van der Waals surface area (Å²) in [6, 6.07) is 7.56. The fourth-order valence-corrected chi connectivity index (χ4v) is 3.30. The monoisotopic (exact) mass is 384 g/mol. The largest absolute Gasteiger partial charge is 0.469 e. The summed E-state index contributed by atoms with van der Waals surface area (Å²) in [4.78, 5) is 11.7. The number of esters is 1. The number of carbonyl (C=O) groups is 1. The Morgan fingerprint density at radius 3 is 2.56 bits per heavy atom. The lowest BCUT2D eigenvalue weighted by Gasteiger charge is -2.02. The SMILES string of the molecule is CCc1nn2c(nnc3c(CC(=O)OC)nn(C)c32)c1-c1ccc(Cl)cc1. The predicted molar refractivity (Wildman–Crippen MR) is 101 cm³/mol. The van der Waals surface area contributed by atoms with E-state index in [4.69, 9.17) is 21.4 Å². The van der Waals surface area contributed by atoms with E-state index in [1.54, 1.807) is 16.2 Å². The maximum Gasteiger partial charge on any atom is 0.311 e. The van der Waals surface area contributed by atoms with Crippen LogP contribution in [-0.2, 0) is 29.4 Å². The molecule has 27 heavy (non-hydrogen) atoms. The minimum atomic E-state index is -0.381. The highest BCUT2D eigenvalue weighted by atomic mass is 35.5. The molecule has 1 aromatic carbocycles. The molecule has 0 N–H and O–H groups in total. The maximum atomic E-state index is 11.7. The number of hydrogen-bond donors (Lipinski definition) is 0. The van der Waals surface area contributed by atoms with Crippen molar-refractivity contribution in [2.75, 3.05) is 7.11 Å². The zero-order valence-corrected chi connectivity index (χ0v) is 15.9. The first-order valence-corrected chi connectivity index (χ1v) is 8.84. The van der Waals surface area contributed by atoms with Crippen LogP contribution in [0, 0.1) is 0 Å². The van der Waals surface area contributed by atoms with Gasteiger partial charge in [0, 0.05) is 12.1 Å². The van der Waals surface area contributed by atoms with Gasteiger partial charge in [-0.25, -0.2) is 4.68 Å². The van der Waals surface area contributed by atoms with Gasteiger partial charge in [-0.2, -0.15) is 14.7 Å². The van der Waals surface area contributed by atoms with Crippen LogP contribution >= 0.6 is 11.6 Å². The summed E-state index contributed by atoms with van der Waals surface area (Å²) in [5.74, 6) is -0.381. The first kappa shape index (κ1) is 17.4. The van der Waals surface area contributed by atoms with Crippen molar-refractivity contribution in [3.8, 4) is 11.1 Å². The molecule has 0 amide bonds. The Hall–Kier alpha value is -3.00. The van der Waals surface area contributed by atoms with Crippen molar-refractivity contribution in [1.82, 2.24) is 29.6 Å². The molecule has 0 aliphatic carbocycles. The van der Waals surface area contributed by atoms with Gasteiger partial charge in [-0.15, -0.1) is 10.2 Å². The van der Waals surface area contributed by atoms with Crippen molar-refractivity contribution >= 4 is 34.4 Å². The summed E-state index contributed by atoms with van der Waals surface area (Å²) in [5.41, 5.74) is 5.13. The second kappa shape index (κ2) is 6.62. The summed E-state index contributed by atoms with van der Waals surface area (Å²) in [7, 11) is 3.14. The van der Waals surface area contributed by atoms with Crippen molar-refractivity contribution in [1.29, 1.82) is 0 Å². The number of fused-ring (bicyclic) bond motifs is 3. The van der Waals surface area contributed by atoms with E-state index in [2.05, 4.69) is 15.3 Å². The Bertz CT molecular complexity index is 1160. The van der Waals surface area contributed by atoms with Crippen molar-refractivity contribution in [3.05, 3.63) is 40.7 Å². The number of halogens is 1. The second-order valence-corrected chi connectivity index (χ2v) is 6.55. The van der Waals surface area contributed by atoms with Crippen molar-refractivity contribution in [2.24, 2.45) is 7.05 Å². The Morgan fingerprint density at radius 1 is 1.15 bits per heavy atom. The van der Waals surface area contributed by atoms with Gasteiger partial charge < -0.3 is 4.74 Å². The van der Waals surface area contributed by atoms with Gasteiger partial charge in [0.1, 0.15) is 5.69 Å². The third-order valence-electron chi connectivity index (χ3n) is 4.45. The number of hydrogen-bond acceptors (Lipinski definition) is 6. The van der Waals surface area contributed by atoms with E-state index in [9.17, 15) is 4.79 Å². The van der Waals surface area contributed by atoms with Gasteiger partial charge in [0.25, 0.3) is 0 Å². The molecule has 0 spiro atoms. The minimum absolute atomic E-state index is 0.0277. The Balaban J connectivity index is 1.98. The van der Waals surface area contributed by atoms with Gasteiger partial charge in [0.2, 0.25) is 0 Å². The molecule has 0 fully saturated rings. The van der Waals surface area contributed by atoms with Crippen LogP contribution in [0.25, 0.3) is 27.9 Å². The summed E-state index contributed by atoms with van der Waals surface area (Å²) in [5, 5.41) is 18.6. The lowest BCUT2D eigenvalue weighted by molar-refractivity contribution is -0.139. The molecule has 8 nitrogen and oxygen atoms in total. The number of carbonyl (C=O) groups excluding carboxylic acids is 1. The number of benzene rings is 1. The quantitative estimate of drug-likeness (QED) is 0.502. The molecule has 3 heterocycles. The summed E-state index contributed by atoms with van der Waals surface area (Å²) < 4.78 is 8.13. The molecule has 0 bridgehead atoms. The molecule has 4 aromatic rings. The highest BCUT2D eigenvalue weighted by Crippen LogP contribution is 2.30. The molecule has 138 valence electrons. The second-order valence-electron chi connectivity index (χ2n) is 6.11. The van der Waals surface area contributed by atoms with Crippen LogP contribution in [0.5, 0.6) is 0 Å². The highest BCUT2D eigenvalue weighted by Gasteiger charge is 2.22. The Morgan fingerprint density at radius 2 is 1.89 bits per heavy atom. The zero-order chi connectivity index (χ0) is 19.1. The minimum Gasteiger partial charge on any atom is -0.469 e. The first-order chi connectivity index (χ1) is 13.0. The van der Waals surface area contributed by atoms with Gasteiger partial charge in [-0.1, -0.05) is 30.7 Å². The van der Waals surface area contributed by atoms with Crippen molar-refractivity contribution in [2.45, 2.75) is 19.8 Å². The summed E-state index contributed by atoms with van der Waals surface area (Å²) >= 11 is 6.02. The number of aromatic nitrogens is 6. The van der Waals surface area contributed by atoms with Gasteiger partial charge in [0.15, 0.2) is 16.8 Å². The Labute approximate surface area is 159 Å². The summed E-state index contributed by atoms with van der Waals surface area (Å²) in [6.07, 6.45) is 0.760. The zero-order valence-electron chi connectivity index (χ0n) is 15.1. The molecule has 0 saturated carbocycles. The van der Waals surface area contributed by atoms with E-state index in [1.807, 2.05) is 31.2 Å². The molecule has 0 unspecified atom stereocenters. The van der Waals surface area contributed by atoms with E-state index < -0.39 is 0 Å². The fraction of sp³-hybridized carbons (Fsp3) is 0.278. The van der Waals surface area contributed by atoms with Crippen molar-refractivity contribution < 1.29 is 9.53 Å². The molecule has 0 aliphatic heterocycles. The average Bonchev–Trinajstić information content (AvgIpc) is 3.19. The predicted octanol–water partition coefficient (Wildman–Crippen LogP) is 2.61. The van der Waals surface area contributed by atoms with Crippen LogP contribution in [0.3, 0.4) is 0 Å². The van der Waals surface area contributed by atoms with Crippen LogP contribution in [0.1, 0.15) is 18.3 Å². The van der Waals surface area contributed by atoms with Crippen LogP contribution in [0.2, 0.25) is 5.02 Å². The van der Waals surface area contributed by atoms with E-state index in [0.717, 1.165) is 23.2 Å². The topological polar surface area (TPSA) is 87.2 Å². The molecule has 3 aromatic heterocycles. The highest BCUT2D eigenvalue weighted by molar-refractivity contribution is 6.30. The molecule has 0 atom stereocenters. The number of methoxy groups -OCH3 is 1. The van der Waals surface area contributed by atoms with E-state index in [-0.39, 0.29) is 12.4 Å². The van der Waals surface area contributed by atoms with Crippen molar-refractivity contribution in [3.63, 3.8) is 0 Å². The smallest absolute Gasteiger partial charge is 0.311 e. The Kier molecular flexibility index (Phi) is 4.27. The van der Waals surface area contributed by atoms with Crippen LogP contribution in [0.4, 0.5) is 0 Å². The summed E-state index contributed by atoms with van der Waals surface area (Å²) in [6.45, 7) is 2.04. The lowest BCUT2D eigenvalue weighted by Crippen LogP contribution is -2.06. The third kappa shape index (κ3) is 2.82.